The smallest absolute Gasteiger partial charge is 0.245 e. The van der Waals surface area contributed by atoms with Crippen molar-refractivity contribution in [2.24, 2.45) is 5.92 Å². The number of sulfonamides is 1. The number of hydrogen-bond donors (Lipinski definition) is 0. The van der Waals surface area contributed by atoms with Crippen molar-refractivity contribution in [2.75, 3.05) is 37.6 Å². The molecule has 1 aromatic heterocycles. The summed E-state index contributed by atoms with van der Waals surface area (Å²) in [5.74, 6) is -0.312. The third-order valence-corrected chi connectivity index (χ3v) is 8.77. The molecule has 0 saturated carbocycles. The molecule has 3 aromatic rings. The number of piperazine rings is 1. The Morgan fingerprint density at radius 1 is 1.06 bits per heavy atom. The van der Waals surface area contributed by atoms with E-state index < -0.39 is 10.0 Å². The minimum Gasteiger partial charge on any atom is -0.365 e. The first-order chi connectivity index (χ1) is 16.3. The van der Waals surface area contributed by atoms with Gasteiger partial charge in [0.2, 0.25) is 15.9 Å². The lowest BCUT2D eigenvalue weighted by Crippen LogP contribution is -2.56. The number of benzene rings is 2. The zero-order chi connectivity index (χ0) is 23.9. The number of carbonyl (C=O) groups is 1. The fourth-order valence-corrected chi connectivity index (χ4v) is 6.76. The molecule has 1 amide bonds. The number of carbonyl (C=O) groups excluding carboxylic acids is 1. The van der Waals surface area contributed by atoms with Gasteiger partial charge in [-0.15, -0.1) is 0 Å². The van der Waals surface area contributed by atoms with Crippen LogP contribution in [-0.4, -0.2) is 72.6 Å². The Bertz CT molecular complexity index is 1310. The maximum Gasteiger partial charge on any atom is 0.245 e. The Morgan fingerprint density at radius 2 is 1.88 bits per heavy atom. The zero-order valence-electron chi connectivity index (χ0n) is 19.4. The number of anilines is 1. The highest BCUT2D eigenvalue weighted by molar-refractivity contribution is 7.89. The van der Waals surface area contributed by atoms with E-state index in [0.717, 1.165) is 6.54 Å². The summed E-state index contributed by atoms with van der Waals surface area (Å²) in [4.78, 5) is 17.7. The van der Waals surface area contributed by atoms with Crippen LogP contribution in [0.3, 0.4) is 0 Å². The fourth-order valence-electron chi connectivity index (χ4n) is 5.10. The number of rotatable bonds is 4. The Labute approximate surface area is 199 Å². The molecule has 0 aliphatic carbocycles. The standard InChI is InChI=1S/C24H29N5O4S/c1-17-6-3-8-20(14-17)29-13-12-27(15-18(29)2)24(30)19-7-5-11-28(16-19)34(31,32)22-10-4-9-21-23(22)26-33-25-21/h3-4,6,8-10,14,18-19H,5,7,11-13,15-16H2,1-2H3/t18-,19+/m0/s1. The van der Waals surface area contributed by atoms with Crippen molar-refractivity contribution in [2.45, 2.75) is 37.6 Å². The van der Waals surface area contributed by atoms with Gasteiger partial charge in [-0.1, -0.05) is 18.2 Å². The molecule has 0 bridgehead atoms. The molecule has 34 heavy (non-hydrogen) atoms. The number of aryl methyl sites for hydroxylation is 1. The number of amides is 1. The first-order valence-electron chi connectivity index (χ1n) is 11.7. The van der Waals surface area contributed by atoms with Crippen molar-refractivity contribution in [3.8, 4) is 0 Å². The van der Waals surface area contributed by atoms with Crippen molar-refractivity contribution in [1.29, 1.82) is 0 Å². The second-order valence-electron chi connectivity index (χ2n) is 9.26. The largest absolute Gasteiger partial charge is 0.365 e. The van der Waals surface area contributed by atoms with E-state index in [1.807, 2.05) is 4.90 Å². The number of aromatic nitrogens is 2. The van der Waals surface area contributed by atoms with Gasteiger partial charge in [0.1, 0.15) is 10.4 Å². The zero-order valence-corrected chi connectivity index (χ0v) is 20.2. The molecule has 5 rings (SSSR count). The molecule has 0 radical (unpaired) electrons. The van der Waals surface area contributed by atoms with Gasteiger partial charge in [-0.2, -0.15) is 4.31 Å². The quantitative estimate of drug-likeness (QED) is 0.562. The van der Waals surface area contributed by atoms with E-state index >= 15 is 0 Å². The molecule has 2 aliphatic rings. The summed E-state index contributed by atoms with van der Waals surface area (Å²) in [5, 5.41) is 7.53. The molecule has 0 unspecified atom stereocenters. The minimum absolute atomic E-state index is 0.0388. The Hall–Kier alpha value is -2.98. The number of nitrogens with zero attached hydrogens (tertiary/aromatic N) is 5. The third kappa shape index (κ3) is 4.16. The highest BCUT2D eigenvalue weighted by Crippen LogP contribution is 2.29. The molecule has 10 heteroatoms. The van der Waals surface area contributed by atoms with Crippen LogP contribution in [-0.2, 0) is 14.8 Å². The number of hydrogen-bond acceptors (Lipinski definition) is 7. The van der Waals surface area contributed by atoms with Crippen molar-refractivity contribution in [3.05, 3.63) is 48.0 Å². The lowest BCUT2D eigenvalue weighted by Gasteiger charge is -2.43. The molecule has 2 saturated heterocycles. The lowest BCUT2D eigenvalue weighted by atomic mass is 9.97. The van der Waals surface area contributed by atoms with E-state index in [1.54, 1.807) is 12.1 Å². The molecular weight excluding hydrogens is 454 g/mol. The summed E-state index contributed by atoms with van der Waals surface area (Å²) in [6, 6.07) is 13.4. The molecule has 0 N–H and O–H groups in total. The van der Waals surface area contributed by atoms with Crippen molar-refractivity contribution < 1.29 is 17.8 Å². The van der Waals surface area contributed by atoms with Crippen LogP contribution in [0.2, 0.25) is 0 Å². The first-order valence-corrected chi connectivity index (χ1v) is 13.1. The average molecular weight is 484 g/mol. The first kappa shape index (κ1) is 22.8. The van der Waals surface area contributed by atoms with Gasteiger partial charge in [0.05, 0.1) is 5.92 Å². The van der Waals surface area contributed by atoms with Gasteiger partial charge in [-0.05, 0) is 66.8 Å². The Kier molecular flexibility index (Phi) is 6.03. The topological polar surface area (TPSA) is 99.8 Å². The van der Waals surface area contributed by atoms with Gasteiger partial charge >= 0.3 is 0 Å². The molecule has 180 valence electrons. The molecule has 0 spiro atoms. The van der Waals surface area contributed by atoms with Crippen LogP contribution in [0.15, 0.2) is 52.0 Å². The molecule has 2 aromatic carbocycles. The van der Waals surface area contributed by atoms with Gasteiger partial charge in [0.15, 0.2) is 5.52 Å². The van der Waals surface area contributed by atoms with E-state index in [0.29, 0.717) is 38.0 Å². The Morgan fingerprint density at radius 3 is 2.68 bits per heavy atom. The van der Waals surface area contributed by atoms with E-state index in [2.05, 4.69) is 53.3 Å². The Balaban J connectivity index is 1.29. The summed E-state index contributed by atoms with van der Waals surface area (Å²) in [5.41, 5.74) is 3.00. The van der Waals surface area contributed by atoms with E-state index in [9.17, 15) is 13.2 Å². The predicted molar refractivity (Wildman–Crippen MR) is 128 cm³/mol. The van der Waals surface area contributed by atoms with Crippen LogP contribution < -0.4 is 4.90 Å². The van der Waals surface area contributed by atoms with Gasteiger partial charge in [0, 0.05) is 44.5 Å². The van der Waals surface area contributed by atoms with E-state index in [1.165, 1.54) is 21.6 Å². The van der Waals surface area contributed by atoms with Crippen molar-refractivity contribution in [3.63, 3.8) is 0 Å². The van der Waals surface area contributed by atoms with Gasteiger partial charge < -0.3 is 9.80 Å². The highest BCUT2D eigenvalue weighted by atomic mass is 32.2. The third-order valence-electron chi connectivity index (χ3n) is 6.87. The summed E-state index contributed by atoms with van der Waals surface area (Å²) in [6.45, 7) is 6.78. The second kappa shape index (κ2) is 8.99. The number of fused-ring (bicyclic) bond motifs is 1. The average Bonchev–Trinajstić information content (AvgIpc) is 3.32. The monoisotopic (exact) mass is 483 g/mol. The maximum absolute atomic E-state index is 13.4. The van der Waals surface area contributed by atoms with Crippen LogP contribution in [0, 0.1) is 12.8 Å². The lowest BCUT2D eigenvalue weighted by molar-refractivity contribution is -0.137. The van der Waals surface area contributed by atoms with Crippen LogP contribution in [0.4, 0.5) is 5.69 Å². The summed E-state index contributed by atoms with van der Waals surface area (Å²) in [7, 11) is -3.82. The van der Waals surface area contributed by atoms with Crippen molar-refractivity contribution >= 4 is 32.7 Å². The molecule has 2 aliphatic heterocycles. The van der Waals surface area contributed by atoms with Crippen LogP contribution in [0.25, 0.3) is 11.0 Å². The summed E-state index contributed by atoms with van der Waals surface area (Å²) in [6.07, 6.45) is 1.33. The SMILES string of the molecule is Cc1cccc(N2CCN(C(=O)[C@@H]3CCCN(S(=O)(=O)c4cccc5nonc45)C3)C[C@@H]2C)c1. The molecule has 2 fully saturated rings. The molecule has 9 nitrogen and oxygen atoms in total. The van der Waals surface area contributed by atoms with E-state index in [-0.39, 0.29) is 34.8 Å². The second-order valence-corrected chi connectivity index (χ2v) is 11.2. The van der Waals surface area contributed by atoms with Gasteiger partial charge in [-0.3, -0.25) is 4.79 Å². The van der Waals surface area contributed by atoms with Crippen molar-refractivity contribution in [1.82, 2.24) is 19.5 Å². The number of piperidine rings is 1. The molecule has 2 atom stereocenters. The van der Waals surface area contributed by atoms with Crippen LogP contribution in [0.1, 0.15) is 25.3 Å². The van der Waals surface area contributed by atoms with E-state index in [4.69, 9.17) is 4.63 Å². The maximum atomic E-state index is 13.4. The van der Waals surface area contributed by atoms with Gasteiger partial charge in [0.25, 0.3) is 0 Å². The summed E-state index contributed by atoms with van der Waals surface area (Å²) < 4.78 is 33.0. The van der Waals surface area contributed by atoms with Crippen LogP contribution in [0.5, 0.6) is 0 Å². The summed E-state index contributed by atoms with van der Waals surface area (Å²) >= 11 is 0. The molecular formula is C24H29N5O4S. The van der Waals surface area contributed by atoms with Gasteiger partial charge in [-0.25, -0.2) is 13.0 Å². The predicted octanol–water partition coefficient (Wildman–Crippen LogP) is 2.67. The fraction of sp³-hybridized carbons (Fsp3) is 0.458. The minimum atomic E-state index is -3.82. The molecule has 3 heterocycles. The van der Waals surface area contributed by atoms with Crippen LogP contribution >= 0.6 is 0 Å². The highest BCUT2D eigenvalue weighted by Gasteiger charge is 2.37. The normalized spacial score (nSPS) is 22.3.